The molecule has 16 heavy (non-hydrogen) atoms. The molecule has 0 saturated carbocycles. The minimum atomic E-state index is -0.285. The molecule has 0 aromatic rings. The molecule has 4 N–H and O–H groups in total. The summed E-state index contributed by atoms with van der Waals surface area (Å²) in [5.74, 6) is -0.369. The zero-order valence-corrected chi connectivity index (χ0v) is 9.98. The number of hydrogen-bond donors (Lipinski definition) is 2. The molecular formula is C11H21N3O2. The number of likely N-dealkylation sites (tertiary alicyclic amines) is 1. The average molecular weight is 227 g/mol. The third kappa shape index (κ3) is 2.95. The number of amides is 2. The van der Waals surface area contributed by atoms with Crippen molar-refractivity contribution in [2.75, 3.05) is 13.1 Å². The van der Waals surface area contributed by atoms with Crippen LogP contribution in [0, 0.1) is 11.8 Å². The summed E-state index contributed by atoms with van der Waals surface area (Å²) in [4.78, 5) is 24.4. The maximum Gasteiger partial charge on any atom is 0.235 e. The molecule has 1 aliphatic rings. The van der Waals surface area contributed by atoms with Crippen LogP contribution in [-0.2, 0) is 9.59 Å². The van der Waals surface area contributed by atoms with E-state index in [2.05, 4.69) is 4.90 Å². The molecule has 2 amide bonds. The van der Waals surface area contributed by atoms with Gasteiger partial charge >= 0.3 is 0 Å². The van der Waals surface area contributed by atoms with Crippen molar-refractivity contribution in [1.29, 1.82) is 0 Å². The fourth-order valence-corrected chi connectivity index (χ4v) is 2.39. The number of nitrogens with zero attached hydrogens (tertiary/aromatic N) is 1. The predicted octanol–water partition coefficient (Wildman–Crippen LogP) is -0.306. The van der Waals surface area contributed by atoms with Gasteiger partial charge in [-0.2, -0.15) is 0 Å². The molecule has 1 rings (SSSR count). The first-order valence-corrected chi connectivity index (χ1v) is 5.76. The third-order valence-electron chi connectivity index (χ3n) is 3.25. The molecule has 1 heterocycles. The largest absolute Gasteiger partial charge is 0.369 e. The summed E-state index contributed by atoms with van der Waals surface area (Å²) >= 11 is 0. The van der Waals surface area contributed by atoms with Crippen molar-refractivity contribution in [1.82, 2.24) is 4.90 Å². The highest BCUT2D eigenvalue weighted by Gasteiger charge is 2.31. The van der Waals surface area contributed by atoms with Crippen LogP contribution in [0.4, 0.5) is 0 Å². The first-order chi connectivity index (χ1) is 7.43. The summed E-state index contributed by atoms with van der Waals surface area (Å²) < 4.78 is 0. The zero-order valence-electron chi connectivity index (χ0n) is 9.98. The van der Waals surface area contributed by atoms with Gasteiger partial charge in [0.25, 0.3) is 0 Å². The SMILES string of the molecule is CC(C)C(C(N)=O)N1CCC(C(N)=O)CC1. The van der Waals surface area contributed by atoms with E-state index in [0.29, 0.717) is 0 Å². The maximum atomic E-state index is 11.3. The number of nitrogens with two attached hydrogens (primary N) is 2. The lowest BCUT2D eigenvalue weighted by atomic mass is 9.92. The molecular weight excluding hydrogens is 206 g/mol. The van der Waals surface area contributed by atoms with Crippen LogP contribution in [0.25, 0.3) is 0 Å². The number of piperidine rings is 1. The van der Waals surface area contributed by atoms with Gasteiger partial charge in [-0.25, -0.2) is 0 Å². The van der Waals surface area contributed by atoms with E-state index in [1.807, 2.05) is 13.8 Å². The lowest BCUT2D eigenvalue weighted by molar-refractivity contribution is -0.127. The normalized spacial score (nSPS) is 20.9. The number of carbonyl (C=O) groups excluding carboxylic acids is 2. The fourth-order valence-electron chi connectivity index (χ4n) is 2.39. The van der Waals surface area contributed by atoms with Crippen LogP contribution in [0.2, 0.25) is 0 Å². The van der Waals surface area contributed by atoms with Crippen LogP contribution in [0.5, 0.6) is 0 Å². The Bertz CT molecular complexity index is 270. The fraction of sp³-hybridized carbons (Fsp3) is 0.818. The standard InChI is InChI=1S/C11H21N3O2/c1-7(2)9(11(13)16)14-5-3-8(4-6-14)10(12)15/h7-9H,3-6H2,1-2H3,(H2,12,15)(H2,13,16). The number of rotatable bonds is 4. The zero-order chi connectivity index (χ0) is 12.3. The molecule has 92 valence electrons. The van der Waals surface area contributed by atoms with E-state index in [0.717, 1.165) is 25.9 Å². The van der Waals surface area contributed by atoms with E-state index in [1.165, 1.54) is 0 Å². The van der Waals surface area contributed by atoms with Crippen LogP contribution in [0.1, 0.15) is 26.7 Å². The second-order valence-corrected chi connectivity index (χ2v) is 4.80. The molecule has 1 fully saturated rings. The van der Waals surface area contributed by atoms with Gasteiger partial charge in [0.05, 0.1) is 6.04 Å². The summed E-state index contributed by atoms with van der Waals surface area (Å²) in [6.45, 7) is 5.41. The Morgan fingerprint density at radius 1 is 1.19 bits per heavy atom. The Labute approximate surface area is 96.1 Å². The highest BCUT2D eigenvalue weighted by molar-refractivity contribution is 5.80. The van der Waals surface area contributed by atoms with Gasteiger partial charge in [0.1, 0.15) is 0 Å². The van der Waals surface area contributed by atoms with Crippen molar-refractivity contribution in [3.8, 4) is 0 Å². The molecule has 5 heteroatoms. The van der Waals surface area contributed by atoms with E-state index in [9.17, 15) is 9.59 Å². The van der Waals surface area contributed by atoms with Gasteiger partial charge in [0.2, 0.25) is 11.8 Å². The van der Waals surface area contributed by atoms with Crippen molar-refractivity contribution < 1.29 is 9.59 Å². The topological polar surface area (TPSA) is 89.4 Å². The second kappa shape index (κ2) is 5.30. The van der Waals surface area contributed by atoms with Crippen LogP contribution >= 0.6 is 0 Å². The molecule has 0 bridgehead atoms. The van der Waals surface area contributed by atoms with Crippen LogP contribution < -0.4 is 11.5 Å². The lowest BCUT2D eigenvalue weighted by Crippen LogP contribution is -2.51. The number of carbonyl (C=O) groups is 2. The third-order valence-corrected chi connectivity index (χ3v) is 3.25. The van der Waals surface area contributed by atoms with E-state index < -0.39 is 0 Å². The van der Waals surface area contributed by atoms with Crippen LogP contribution in [0.3, 0.4) is 0 Å². The average Bonchev–Trinajstić information content (AvgIpc) is 2.17. The van der Waals surface area contributed by atoms with Crippen molar-refractivity contribution in [3.63, 3.8) is 0 Å². The van der Waals surface area contributed by atoms with Crippen molar-refractivity contribution in [2.24, 2.45) is 23.3 Å². The van der Waals surface area contributed by atoms with Crippen molar-refractivity contribution >= 4 is 11.8 Å². The smallest absolute Gasteiger partial charge is 0.235 e. The molecule has 5 nitrogen and oxygen atoms in total. The minimum Gasteiger partial charge on any atom is -0.369 e. The van der Waals surface area contributed by atoms with Gasteiger partial charge in [0.15, 0.2) is 0 Å². The highest BCUT2D eigenvalue weighted by atomic mass is 16.1. The number of hydrogen-bond acceptors (Lipinski definition) is 3. The molecule has 1 aliphatic heterocycles. The second-order valence-electron chi connectivity index (χ2n) is 4.80. The Morgan fingerprint density at radius 2 is 1.69 bits per heavy atom. The van der Waals surface area contributed by atoms with Crippen molar-refractivity contribution in [3.05, 3.63) is 0 Å². The lowest BCUT2D eigenvalue weighted by Gasteiger charge is -2.36. The quantitative estimate of drug-likeness (QED) is 0.690. The van der Waals surface area contributed by atoms with E-state index in [4.69, 9.17) is 11.5 Å². The first-order valence-electron chi connectivity index (χ1n) is 5.76. The minimum absolute atomic E-state index is 0.0445. The summed E-state index contributed by atoms with van der Waals surface area (Å²) in [6, 6.07) is -0.228. The molecule has 0 aliphatic carbocycles. The van der Waals surface area contributed by atoms with Gasteiger partial charge in [-0.1, -0.05) is 13.8 Å². The van der Waals surface area contributed by atoms with E-state index in [-0.39, 0.29) is 29.7 Å². The highest BCUT2D eigenvalue weighted by Crippen LogP contribution is 2.21. The van der Waals surface area contributed by atoms with Crippen molar-refractivity contribution in [2.45, 2.75) is 32.7 Å². The Balaban J connectivity index is 2.57. The summed E-state index contributed by atoms with van der Waals surface area (Å²) in [5.41, 5.74) is 10.6. The molecule has 0 aromatic heterocycles. The predicted molar refractivity (Wildman–Crippen MR) is 61.3 cm³/mol. The number of primary amides is 2. The molecule has 1 atom stereocenters. The monoisotopic (exact) mass is 227 g/mol. The molecule has 0 radical (unpaired) electrons. The Kier molecular flexibility index (Phi) is 4.29. The van der Waals surface area contributed by atoms with Gasteiger partial charge < -0.3 is 11.5 Å². The molecule has 1 unspecified atom stereocenters. The molecule has 0 spiro atoms. The van der Waals surface area contributed by atoms with E-state index in [1.54, 1.807) is 0 Å². The van der Waals surface area contributed by atoms with Crippen LogP contribution in [-0.4, -0.2) is 35.8 Å². The first kappa shape index (κ1) is 13.0. The van der Waals surface area contributed by atoms with Gasteiger partial charge in [-0.05, 0) is 31.8 Å². The summed E-state index contributed by atoms with van der Waals surface area (Å²) in [6.07, 6.45) is 1.46. The van der Waals surface area contributed by atoms with Crippen LogP contribution in [0.15, 0.2) is 0 Å². The van der Waals surface area contributed by atoms with Gasteiger partial charge in [0, 0.05) is 5.92 Å². The Morgan fingerprint density at radius 3 is 2.00 bits per heavy atom. The molecule has 1 saturated heterocycles. The summed E-state index contributed by atoms with van der Waals surface area (Å²) in [7, 11) is 0. The summed E-state index contributed by atoms with van der Waals surface area (Å²) in [5, 5.41) is 0. The van der Waals surface area contributed by atoms with Gasteiger partial charge in [-0.3, -0.25) is 14.5 Å². The van der Waals surface area contributed by atoms with E-state index >= 15 is 0 Å². The Hall–Kier alpha value is -1.10. The maximum absolute atomic E-state index is 11.3. The van der Waals surface area contributed by atoms with Gasteiger partial charge in [-0.15, -0.1) is 0 Å². The molecule has 0 aromatic carbocycles.